The van der Waals surface area contributed by atoms with Gasteiger partial charge < -0.3 is 10.1 Å². The lowest BCUT2D eigenvalue weighted by Crippen LogP contribution is -2.15. The quantitative estimate of drug-likeness (QED) is 0.386. The van der Waals surface area contributed by atoms with Gasteiger partial charge in [-0.25, -0.2) is 13.1 Å². The summed E-state index contributed by atoms with van der Waals surface area (Å²) in [6.07, 6.45) is 1.71. The van der Waals surface area contributed by atoms with Crippen molar-refractivity contribution in [1.29, 1.82) is 0 Å². The first-order chi connectivity index (χ1) is 16.4. The van der Waals surface area contributed by atoms with E-state index in [1.165, 1.54) is 24.3 Å². The summed E-state index contributed by atoms with van der Waals surface area (Å²) >= 11 is 0. The lowest BCUT2D eigenvalue weighted by Gasteiger charge is -2.11. The molecule has 0 aliphatic rings. The topological polar surface area (TPSA) is 102 Å². The van der Waals surface area contributed by atoms with Gasteiger partial charge in [-0.1, -0.05) is 6.07 Å². The summed E-state index contributed by atoms with van der Waals surface area (Å²) in [6.45, 7) is 4.35. The minimum absolute atomic E-state index is 0.0501. The Bertz CT molecular complexity index is 1400. The number of sulfonamides is 1. The summed E-state index contributed by atoms with van der Waals surface area (Å²) in [5.41, 5.74) is 3.14. The van der Waals surface area contributed by atoms with Crippen LogP contribution >= 0.6 is 0 Å². The van der Waals surface area contributed by atoms with Crippen molar-refractivity contribution in [3.63, 3.8) is 0 Å². The molecule has 0 fully saturated rings. The summed E-state index contributed by atoms with van der Waals surface area (Å²) in [5.74, 6) is 0.309. The Hall–Kier alpha value is -4.11. The fourth-order valence-electron chi connectivity index (χ4n) is 3.34. The number of anilines is 2. The monoisotopic (exact) mass is 476 g/mol. The van der Waals surface area contributed by atoms with E-state index in [2.05, 4.69) is 15.1 Å². The molecule has 0 bridgehead atoms. The Balaban J connectivity index is 1.44. The van der Waals surface area contributed by atoms with Crippen molar-refractivity contribution in [3.8, 4) is 11.4 Å². The molecule has 0 aliphatic carbocycles. The number of aryl methyl sites for hydroxylation is 1. The van der Waals surface area contributed by atoms with Crippen molar-refractivity contribution in [2.45, 2.75) is 18.7 Å². The van der Waals surface area contributed by atoms with Crippen LogP contribution in [0.4, 0.5) is 11.4 Å². The van der Waals surface area contributed by atoms with Crippen LogP contribution in [-0.2, 0) is 10.0 Å². The molecule has 1 amide bonds. The first kappa shape index (κ1) is 23.1. The van der Waals surface area contributed by atoms with Crippen LogP contribution in [0.5, 0.6) is 5.75 Å². The predicted octanol–water partition coefficient (Wildman–Crippen LogP) is 4.63. The molecule has 1 aromatic heterocycles. The number of amides is 1. The van der Waals surface area contributed by atoms with Crippen molar-refractivity contribution >= 4 is 27.3 Å². The lowest BCUT2D eigenvalue weighted by molar-refractivity contribution is 0.102. The van der Waals surface area contributed by atoms with Gasteiger partial charge in [0.15, 0.2) is 0 Å². The third-order valence-corrected chi connectivity index (χ3v) is 6.42. The number of rotatable bonds is 8. The predicted molar refractivity (Wildman–Crippen MR) is 131 cm³/mol. The second-order valence-corrected chi connectivity index (χ2v) is 9.16. The van der Waals surface area contributed by atoms with E-state index in [-0.39, 0.29) is 10.8 Å². The van der Waals surface area contributed by atoms with Crippen molar-refractivity contribution in [1.82, 2.24) is 9.78 Å². The number of ether oxygens (including phenoxy) is 1. The normalized spacial score (nSPS) is 11.1. The van der Waals surface area contributed by atoms with Gasteiger partial charge in [0.1, 0.15) is 5.75 Å². The second-order valence-electron chi connectivity index (χ2n) is 7.48. The molecule has 8 nitrogen and oxygen atoms in total. The van der Waals surface area contributed by atoms with Crippen LogP contribution in [0.15, 0.2) is 90.0 Å². The van der Waals surface area contributed by atoms with Gasteiger partial charge in [0.25, 0.3) is 15.9 Å². The van der Waals surface area contributed by atoms with Gasteiger partial charge in [0.05, 0.1) is 17.2 Å². The minimum atomic E-state index is -3.81. The van der Waals surface area contributed by atoms with Crippen LogP contribution in [0.2, 0.25) is 0 Å². The van der Waals surface area contributed by atoms with Crippen LogP contribution < -0.4 is 14.8 Å². The highest BCUT2D eigenvalue weighted by molar-refractivity contribution is 7.92. The summed E-state index contributed by atoms with van der Waals surface area (Å²) in [7, 11) is -3.81. The zero-order chi connectivity index (χ0) is 24.1. The second kappa shape index (κ2) is 9.80. The van der Waals surface area contributed by atoms with Gasteiger partial charge in [0.2, 0.25) is 0 Å². The maximum atomic E-state index is 12.7. The highest BCUT2D eigenvalue weighted by Crippen LogP contribution is 2.21. The molecule has 0 unspecified atom stereocenters. The Kier molecular flexibility index (Phi) is 6.65. The average molecular weight is 477 g/mol. The van der Waals surface area contributed by atoms with Gasteiger partial charge >= 0.3 is 0 Å². The molecule has 1 heterocycles. The van der Waals surface area contributed by atoms with Crippen LogP contribution in [0.1, 0.15) is 23.0 Å². The Morgan fingerprint density at radius 1 is 0.971 bits per heavy atom. The molecule has 4 aromatic rings. The van der Waals surface area contributed by atoms with E-state index in [9.17, 15) is 13.2 Å². The molecule has 0 atom stereocenters. The highest BCUT2D eigenvalue weighted by atomic mass is 32.2. The first-order valence-corrected chi connectivity index (χ1v) is 12.1. The van der Waals surface area contributed by atoms with E-state index in [0.717, 1.165) is 11.4 Å². The molecule has 0 aliphatic heterocycles. The van der Waals surface area contributed by atoms with Crippen molar-refractivity contribution in [2.24, 2.45) is 0 Å². The summed E-state index contributed by atoms with van der Waals surface area (Å²) in [6, 6.07) is 21.6. The number of nitrogens with zero attached hydrogens (tertiary/aromatic N) is 2. The number of benzene rings is 3. The zero-order valence-corrected chi connectivity index (χ0v) is 19.5. The molecule has 3 aromatic carbocycles. The van der Waals surface area contributed by atoms with Gasteiger partial charge in [-0.05, 0) is 86.6 Å². The fraction of sp³-hybridized carbons (Fsp3) is 0.120. The highest BCUT2D eigenvalue weighted by Gasteiger charge is 2.16. The Labute approximate surface area is 198 Å². The van der Waals surface area contributed by atoms with Crippen molar-refractivity contribution < 1.29 is 17.9 Å². The van der Waals surface area contributed by atoms with Crippen molar-refractivity contribution in [2.75, 3.05) is 16.6 Å². The van der Waals surface area contributed by atoms with E-state index < -0.39 is 10.0 Å². The maximum absolute atomic E-state index is 12.7. The van der Waals surface area contributed by atoms with Gasteiger partial charge in [-0.15, -0.1) is 0 Å². The van der Waals surface area contributed by atoms with Crippen molar-refractivity contribution in [3.05, 3.63) is 96.3 Å². The third-order valence-electron chi connectivity index (χ3n) is 5.02. The Morgan fingerprint density at radius 2 is 1.71 bits per heavy atom. The molecule has 0 spiro atoms. The standard InChI is InChI=1S/C25H24N4O4S/c1-3-33-23-11-9-20(10-12-23)28-34(31,32)24-13-7-19(8-14-24)25(30)27-21-5-4-6-22(17-21)29-18(2)15-16-26-29/h4-17,28H,3H2,1-2H3,(H,27,30). The molecule has 2 N–H and O–H groups in total. The zero-order valence-electron chi connectivity index (χ0n) is 18.7. The van der Waals surface area contributed by atoms with Gasteiger partial charge in [-0.2, -0.15) is 5.10 Å². The molecular formula is C25H24N4O4S. The number of carbonyl (C=O) groups excluding carboxylic acids is 1. The molecule has 0 saturated heterocycles. The lowest BCUT2D eigenvalue weighted by atomic mass is 10.2. The van der Waals surface area contributed by atoms with E-state index in [4.69, 9.17) is 4.74 Å². The number of carbonyl (C=O) groups is 1. The average Bonchev–Trinajstić information content (AvgIpc) is 3.26. The summed E-state index contributed by atoms with van der Waals surface area (Å²) < 4.78 is 35.1. The van der Waals surface area contributed by atoms with Crippen LogP contribution in [0.3, 0.4) is 0 Å². The van der Waals surface area contributed by atoms with E-state index in [0.29, 0.717) is 29.3 Å². The number of hydrogen-bond donors (Lipinski definition) is 2. The number of hydrogen-bond acceptors (Lipinski definition) is 5. The van der Waals surface area contributed by atoms with E-state index in [1.54, 1.807) is 41.2 Å². The molecular weight excluding hydrogens is 452 g/mol. The Morgan fingerprint density at radius 3 is 2.35 bits per heavy atom. The molecule has 4 rings (SSSR count). The fourth-order valence-corrected chi connectivity index (χ4v) is 4.40. The summed E-state index contributed by atoms with van der Waals surface area (Å²) in [5, 5.41) is 7.11. The largest absolute Gasteiger partial charge is 0.494 e. The van der Waals surface area contributed by atoms with Gasteiger partial charge in [0, 0.05) is 28.8 Å². The molecule has 9 heteroatoms. The van der Waals surface area contributed by atoms with E-state index in [1.807, 2.05) is 38.1 Å². The first-order valence-electron chi connectivity index (χ1n) is 10.6. The van der Waals surface area contributed by atoms with Gasteiger partial charge in [-0.3, -0.25) is 9.52 Å². The molecule has 0 radical (unpaired) electrons. The smallest absolute Gasteiger partial charge is 0.261 e. The number of nitrogens with one attached hydrogen (secondary N) is 2. The molecule has 34 heavy (non-hydrogen) atoms. The minimum Gasteiger partial charge on any atom is -0.494 e. The molecule has 174 valence electrons. The third kappa shape index (κ3) is 5.26. The van der Waals surface area contributed by atoms with E-state index >= 15 is 0 Å². The number of aromatic nitrogens is 2. The SMILES string of the molecule is CCOc1ccc(NS(=O)(=O)c2ccc(C(=O)Nc3cccc(-n4nccc4C)c3)cc2)cc1. The maximum Gasteiger partial charge on any atom is 0.261 e. The molecule has 0 saturated carbocycles. The van der Waals surface area contributed by atoms with Crippen LogP contribution in [-0.4, -0.2) is 30.7 Å². The van der Waals surface area contributed by atoms with Crippen LogP contribution in [0, 0.1) is 6.92 Å². The van der Waals surface area contributed by atoms with Crippen LogP contribution in [0.25, 0.3) is 5.69 Å². The summed E-state index contributed by atoms with van der Waals surface area (Å²) in [4.78, 5) is 12.8.